The molecule has 0 spiro atoms. The van der Waals surface area contributed by atoms with Gasteiger partial charge in [0.2, 0.25) is 0 Å². The van der Waals surface area contributed by atoms with E-state index in [0.717, 1.165) is 22.3 Å². The monoisotopic (exact) mass is 412 g/mol. The molecule has 0 radical (unpaired) electrons. The third-order valence-corrected chi connectivity index (χ3v) is 4.97. The minimum absolute atomic E-state index is 0.142. The van der Waals surface area contributed by atoms with Gasteiger partial charge in [-0.05, 0) is 42.7 Å². The van der Waals surface area contributed by atoms with Crippen molar-refractivity contribution in [1.29, 1.82) is 0 Å². The molecule has 0 saturated carbocycles. The van der Waals surface area contributed by atoms with Crippen molar-refractivity contribution in [3.63, 3.8) is 0 Å². The van der Waals surface area contributed by atoms with E-state index in [2.05, 4.69) is 5.32 Å². The molecular weight excluding hydrogens is 388 g/mol. The molecule has 0 saturated heterocycles. The van der Waals surface area contributed by atoms with Crippen LogP contribution in [0.1, 0.15) is 29.2 Å². The number of hydrogen-bond donors (Lipinski definition) is 3. The van der Waals surface area contributed by atoms with Gasteiger partial charge in [0.25, 0.3) is 0 Å². The lowest BCUT2D eigenvalue weighted by Gasteiger charge is -2.22. The number of nitrogens with two attached hydrogens (primary N) is 2. The van der Waals surface area contributed by atoms with Gasteiger partial charge < -0.3 is 16.1 Å². The van der Waals surface area contributed by atoms with Crippen LogP contribution in [0.15, 0.2) is 53.8 Å². The van der Waals surface area contributed by atoms with E-state index in [4.69, 9.17) is 28.3 Å². The Morgan fingerprint density at radius 1 is 1.31 bits per heavy atom. The largest absolute Gasteiger partial charge is 0.397 e. The summed E-state index contributed by atoms with van der Waals surface area (Å²) >= 11 is 6.06. The first-order chi connectivity index (χ1) is 13.8. The number of amides is 2. The molecule has 7 nitrogen and oxygen atoms in total. The molecule has 2 aromatic rings. The van der Waals surface area contributed by atoms with Crippen LogP contribution in [0.4, 0.5) is 4.79 Å². The minimum Gasteiger partial charge on any atom is -0.397 e. The fourth-order valence-electron chi connectivity index (χ4n) is 3.31. The maximum Gasteiger partial charge on any atom is 0.337 e. The van der Waals surface area contributed by atoms with Gasteiger partial charge in [0.15, 0.2) is 0 Å². The lowest BCUT2D eigenvalue weighted by atomic mass is 9.92. The van der Waals surface area contributed by atoms with Crippen molar-refractivity contribution in [1.82, 2.24) is 15.3 Å². The molecular formula is C21H25ClN6O. The Balaban J connectivity index is 2.16. The van der Waals surface area contributed by atoms with Crippen LogP contribution in [-0.2, 0) is 6.42 Å². The van der Waals surface area contributed by atoms with Crippen LogP contribution in [0.5, 0.6) is 0 Å². The lowest BCUT2D eigenvalue weighted by Crippen LogP contribution is -2.41. The number of urea groups is 1. The van der Waals surface area contributed by atoms with Crippen LogP contribution >= 0.6 is 11.6 Å². The van der Waals surface area contributed by atoms with E-state index in [9.17, 15) is 4.79 Å². The molecule has 0 fully saturated rings. The predicted molar refractivity (Wildman–Crippen MR) is 117 cm³/mol. The van der Waals surface area contributed by atoms with Gasteiger partial charge in [-0.25, -0.2) is 15.6 Å². The molecule has 3 rings (SSSR count). The van der Waals surface area contributed by atoms with Gasteiger partial charge in [-0.3, -0.25) is 0 Å². The molecule has 0 aliphatic carbocycles. The molecule has 8 heteroatoms. The number of rotatable bonds is 3. The second-order valence-electron chi connectivity index (χ2n) is 7.03. The molecule has 1 aliphatic rings. The highest BCUT2D eigenvalue weighted by Gasteiger charge is 2.27. The molecule has 152 valence electrons. The van der Waals surface area contributed by atoms with Crippen molar-refractivity contribution in [3.05, 3.63) is 75.9 Å². The first-order valence-electron chi connectivity index (χ1n) is 9.24. The molecule has 1 atom stereocenters. The SMILES string of the molecule is CNC(=O)N1N=C(c2ccc(Cl)cc2)c2ccc(/C(N)=C/N(C)N)cc2CC1C. The van der Waals surface area contributed by atoms with E-state index >= 15 is 0 Å². The maximum absolute atomic E-state index is 12.4. The van der Waals surface area contributed by atoms with E-state index in [1.165, 1.54) is 10.0 Å². The van der Waals surface area contributed by atoms with Crippen molar-refractivity contribution in [2.24, 2.45) is 16.7 Å². The summed E-state index contributed by atoms with van der Waals surface area (Å²) in [6.07, 6.45) is 2.29. The number of hydrogen-bond acceptors (Lipinski definition) is 5. The number of carbonyl (C=O) groups excluding carboxylic acids is 1. The summed E-state index contributed by atoms with van der Waals surface area (Å²) in [5, 5.41) is 10.9. The first kappa shape index (κ1) is 20.7. The first-order valence-corrected chi connectivity index (χ1v) is 9.62. The number of hydrazone groups is 1. The number of fused-ring (bicyclic) bond motifs is 1. The van der Waals surface area contributed by atoms with Crippen molar-refractivity contribution in [2.75, 3.05) is 14.1 Å². The Bertz CT molecular complexity index is 968. The van der Waals surface area contributed by atoms with Gasteiger partial charge >= 0.3 is 6.03 Å². The summed E-state index contributed by atoms with van der Waals surface area (Å²) in [7, 11) is 3.31. The van der Waals surface area contributed by atoms with E-state index in [1.54, 1.807) is 20.3 Å². The smallest absolute Gasteiger partial charge is 0.337 e. The summed E-state index contributed by atoms with van der Waals surface area (Å²) in [4.78, 5) is 12.4. The molecule has 1 aliphatic heterocycles. The molecule has 5 N–H and O–H groups in total. The number of nitrogens with one attached hydrogen (secondary N) is 1. The zero-order chi connectivity index (χ0) is 21.1. The standard InChI is InChI=1S/C21H25ClN6O/c1-13-10-16-11-15(19(23)12-27(3)24)6-9-18(16)20(26-28(13)21(29)25-2)14-4-7-17(22)8-5-14/h4-9,11-13H,10,23-24H2,1-3H3,(H,25,29)/b19-12-. The topological polar surface area (TPSA) is 100.0 Å². The molecule has 29 heavy (non-hydrogen) atoms. The van der Waals surface area contributed by atoms with Crippen molar-refractivity contribution >= 4 is 29.0 Å². The second kappa shape index (κ2) is 8.55. The van der Waals surface area contributed by atoms with Gasteiger partial charge in [0.05, 0.1) is 17.5 Å². The van der Waals surface area contributed by atoms with Crippen LogP contribution in [0.25, 0.3) is 5.70 Å². The Kier molecular flexibility index (Phi) is 6.10. The van der Waals surface area contributed by atoms with Crippen molar-refractivity contribution in [3.8, 4) is 0 Å². The molecule has 1 heterocycles. The molecule has 2 aromatic carbocycles. The molecule has 1 unspecified atom stereocenters. The van der Waals surface area contributed by atoms with Gasteiger partial charge in [-0.1, -0.05) is 35.9 Å². The average molecular weight is 413 g/mol. The minimum atomic E-state index is -0.263. The number of hydrazine groups is 1. The molecule has 0 aromatic heterocycles. The van der Waals surface area contributed by atoms with E-state index in [1.807, 2.05) is 49.4 Å². The van der Waals surface area contributed by atoms with Gasteiger partial charge in [0, 0.05) is 36.4 Å². The lowest BCUT2D eigenvalue weighted by molar-refractivity contribution is 0.184. The van der Waals surface area contributed by atoms with E-state index in [-0.39, 0.29) is 12.1 Å². The van der Waals surface area contributed by atoms with Crippen LogP contribution in [0, 0.1) is 0 Å². The summed E-state index contributed by atoms with van der Waals surface area (Å²) < 4.78 is 0. The van der Waals surface area contributed by atoms with Gasteiger partial charge in [-0.15, -0.1) is 0 Å². The normalized spacial score (nSPS) is 16.6. The number of benzene rings is 2. The average Bonchev–Trinajstić information content (AvgIpc) is 2.83. The highest BCUT2D eigenvalue weighted by Crippen LogP contribution is 2.26. The summed E-state index contributed by atoms with van der Waals surface area (Å²) in [6, 6.07) is 12.9. The van der Waals surface area contributed by atoms with Crippen molar-refractivity contribution in [2.45, 2.75) is 19.4 Å². The Morgan fingerprint density at radius 2 is 2.00 bits per heavy atom. The third-order valence-electron chi connectivity index (χ3n) is 4.72. The van der Waals surface area contributed by atoms with Crippen LogP contribution in [0.2, 0.25) is 5.02 Å². The van der Waals surface area contributed by atoms with Crippen LogP contribution in [0.3, 0.4) is 0 Å². The molecule has 2 amide bonds. The van der Waals surface area contributed by atoms with Crippen molar-refractivity contribution < 1.29 is 4.79 Å². The summed E-state index contributed by atoms with van der Waals surface area (Å²) in [6.45, 7) is 1.97. The van der Waals surface area contributed by atoms with Crippen LogP contribution in [-0.4, -0.2) is 41.9 Å². The highest BCUT2D eigenvalue weighted by molar-refractivity contribution is 6.30. The summed E-state index contributed by atoms with van der Waals surface area (Å²) in [5.74, 6) is 5.69. The predicted octanol–water partition coefficient (Wildman–Crippen LogP) is 2.74. The zero-order valence-electron chi connectivity index (χ0n) is 16.7. The van der Waals surface area contributed by atoms with Gasteiger partial charge in [-0.2, -0.15) is 5.10 Å². The number of carbonyl (C=O) groups is 1. The second-order valence-corrected chi connectivity index (χ2v) is 7.47. The van der Waals surface area contributed by atoms with Crippen LogP contribution < -0.4 is 16.9 Å². The number of nitrogens with zero attached hydrogens (tertiary/aromatic N) is 3. The Morgan fingerprint density at radius 3 is 2.62 bits per heavy atom. The fourth-order valence-corrected chi connectivity index (χ4v) is 3.44. The van der Waals surface area contributed by atoms with E-state index < -0.39 is 0 Å². The summed E-state index contributed by atoms with van der Waals surface area (Å²) in [5.41, 5.74) is 11.2. The fraction of sp³-hybridized carbons (Fsp3) is 0.238. The van der Waals surface area contributed by atoms with E-state index in [0.29, 0.717) is 22.9 Å². The number of halogens is 1. The molecule has 0 bridgehead atoms. The zero-order valence-corrected chi connectivity index (χ0v) is 17.4. The Labute approximate surface area is 175 Å². The maximum atomic E-state index is 12.4. The highest BCUT2D eigenvalue weighted by atomic mass is 35.5. The third kappa shape index (κ3) is 4.52. The van der Waals surface area contributed by atoms with Gasteiger partial charge in [0.1, 0.15) is 0 Å². The Hall–Kier alpha value is -3.03. The quantitative estimate of drug-likeness (QED) is 0.533.